The summed E-state index contributed by atoms with van der Waals surface area (Å²) in [6.45, 7) is 8.05. The topological polar surface area (TPSA) is 77.6 Å². The predicted octanol–water partition coefficient (Wildman–Crippen LogP) is 0.498. The van der Waals surface area contributed by atoms with Gasteiger partial charge in [0.2, 0.25) is 0 Å². The summed E-state index contributed by atoms with van der Waals surface area (Å²) in [5.74, 6) is 0.403. The first-order chi connectivity index (χ1) is 8.77. The Hall–Kier alpha value is -1.11. The van der Waals surface area contributed by atoms with Gasteiger partial charge in [-0.25, -0.2) is 4.98 Å². The molecule has 1 aliphatic rings. The SMILES string of the molecule is CC1(C)OB(c2cc(CCO)cnc2N)OC1(C)C. The standard InChI is InChI=1S/C13H21BN2O3/c1-12(2)13(3,4)19-14(18-12)10-7-9(5-6-17)8-16-11(10)15/h7-8,17H,5-6H2,1-4H3,(H2,15,16). The zero-order valence-electron chi connectivity index (χ0n) is 11.9. The van der Waals surface area contributed by atoms with Crippen molar-refractivity contribution in [1.82, 2.24) is 4.98 Å². The third-order valence-corrected chi connectivity index (χ3v) is 3.91. The lowest BCUT2D eigenvalue weighted by Gasteiger charge is -2.32. The van der Waals surface area contributed by atoms with Crippen LogP contribution in [0.15, 0.2) is 12.3 Å². The number of nitrogen functional groups attached to an aromatic ring is 1. The highest BCUT2D eigenvalue weighted by molar-refractivity contribution is 6.63. The Kier molecular flexibility index (Phi) is 3.60. The monoisotopic (exact) mass is 264 g/mol. The van der Waals surface area contributed by atoms with Gasteiger partial charge in [0.05, 0.1) is 11.2 Å². The van der Waals surface area contributed by atoms with Crippen LogP contribution >= 0.6 is 0 Å². The second-order valence-corrected chi connectivity index (χ2v) is 5.88. The van der Waals surface area contributed by atoms with Gasteiger partial charge in [-0.05, 0) is 39.7 Å². The molecule has 0 aliphatic carbocycles. The average molecular weight is 264 g/mol. The Morgan fingerprint density at radius 2 is 1.84 bits per heavy atom. The molecule has 3 N–H and O–H groups in total. The molecule has 2 heterocycles. The lowest BCUT2D eigenvalue weighted by atomic mass is 9.78. The van der Waals surface area contributed by atoms with E-state index in [9.17, 15) is 0 Å². The quantitative estimate of drug-likeness (QED) is 0.777. The first-order valence-corrected chi connectivity index (χ1v) is 6.47. The highest BCUT2D eigenvalue weighted by Gasteiger charge is 2.52. The van der Waals surface area contributed by atoms with Crippen LogP contribution in [0.25, 0.3) is 0 Å². The van der Waals surface area contributed by atoms with E-state index in [0.717, 1.165) is 11.0 Å². The van der Waals surface area contributed by atoms with E-state index in [1.807, 2.05) is 33.8 Å². The molecule has 6 heteroatoms. The lowest BCUT2D eigenvalue weighted by molar-refractivity contribution is 0.00578. The maximum Gasteiger partial charge on any atom is 0.498 e. The van der Waals surface area contributed by atoms with E-state index in [2.05, 4.69) is 4.98 Å². The summed E-state index contributed by atoms with van der Waals surface area (Å²) in [6.07, 6.45) is 2.21. The largest absolute Gasteiger partial charge is 0.498 e. The summed E-state index contributed by atoms with van der Waals surface area (Å²) in [4.78, 5) is 4.14. The van der Waals surface area contributed by atoms with Crippen molar-refractivity contribution in [3.05, 3.63) is 17.8 Å². The minimum absolute atomic E-state index is 0.0778. The first kappa shape index (κ1) is 14.3. The van der Waals surface area contributed by atoms with E-state index in [1.165, 1.54) is 0 Å². The molecular weight excluding hydrogens is 243 g/mol. The van der Waals surface area contributed by atoms with Crippen LogP contribution in [-0.4, -0.2) is 35.0 Å². The molecule has 0 spiro atoms. The molecule has 1 aromatic rings. The fraction of sp³-hybridized carbons (Fsp3) is 0.615. The van der Waals surface area contributed by atoms with Crippen molar-refractivity contribution in [1.29, 1.82) is 0 Å². The average Bonchev–Trinajstić information content (AvgIpc) is 2.51. The Labute approximate surface area is 114 Å². The zero-order chi connectivity index (χ0) is 14.3. The van der Waals surface area contributed by atoms with Crippen LogP contribution in [0.4, 0.5) is 5.82 Å². The number of nitrogens with two attached hydrogens (primary N) is 1. The number of hydrogen-bond acceptors (Lipinski definition) is 5. The van der Waals surface area contributed by atoms with Gasteiger partial charge in [-0.1, -0.05) is 6.07 Å². The predicted molar refractivity (Wildman–Crippen MR) is 75.2 cm³/mol. The number of aliphatic hydroxyl groups is 1. The number of aliphatic hydroxyl groups excluding tert-OH is 1. The van der Waals surface area contributed by atoms with Crippen molar-refractivity contribution in [3.8, 4) is 0 Å². The molecule has 19 heavy (non-hydrogen) atoms. The number of anilines is 1. The Morgan fingerprint density at radius 3 is 2.37 bits per heavy atom. The number of aromatic nitrogens is 1. The van der Waals surface area contributed by atoms with Crippen LogP contribution in [0.1, 0.15) is 33.3 Å². The number of nitrogens with zero attached hydrogens (tertiary/aromatic N) is 1. The second-order valence-electron chi connectivity index (χ2n) is 5.88. The van der Waals surface area contributed by atoms with Gasteiger partial charge in [0, 0.05) is 18.3 Å². The van der Waals surface area contributed by atoms with Crippen molar-refractivity contribution < 1.29 is 14.4 Å². The molecule has 1 aromatic heterocycles. The fourth-order valence-corrected chi connectivity index (χ4v) is 1.96. The summed E-state index contributed by atoms with van der Waals surface area (Å²) < 4.78 is 11.9. The van der Waals surface area contributed by atoms with Crippen molar-refractivity contribution in [2.24, 2.45) is 0 Å². The summed E-state index contributed by atoms with van der Waals surface area (Å²) in [7, 11) is -0.517. The van der Waals surface area contributed by atoms with E-state index in [4.69, 9.17) is 20.1 Å². The van der Waals surface area contributed by atoms with Gasteiger partial charge in [-0.15, -0.1) is 0 Å². The zero-order valence-corrected chi connectivity index (χ0v) is 11.9. The van der Waals surface area contributed by atoms with Gasteiger partial charge in [0.1, 0.15) is 5.82 Å². The van der Waals surface area contributed by atoms with E-state index in [-0.39, 0.29) is 6.61 Å². The number of rotatable bonds is 3. The van der Waals surface area contributed by atoms with Crippen LogP contribution in [-0.2, 0) is 15.7 Å². The van der Waals surface area contributed by atoms with Crippen LogP contribution in [0.5, 0.6) is 0 Å². The minimum Gasteiger partial charge on any atom is -0.399 e. The lowest BCUT2D eigenvalue weighted by Crippen LogP contribution is -2.41. The van der Waals surface area contributed by atoms with Crippen LogP contribution in [0.3, 0.4) is 0 Å². The highest BCUT2D eigenvalue weighted by Crippen LogP contribution is 2.36. The molecule has 0 unspecified atom stereocenters. The normalized spacial score (nSPS) is 20.8. The van der Waals surface area contributed by atoms with Gasteiger partial charge in [0.15, 0.2) is 0 Å². The molecule has 0 aromatic carbocycles. The Balaban J connectivity index is 2.31. The summed E-state index contributed by atoms with van der Waals surface area (Å²) >= 11 is 0. The third-order valence-electron chi connectivity index (χ3n) is 3.91. The van der Waals surface area contributed by atoms with Gasteiger partial charge < -0.3 is 20.1 Å². The highest BCUT2D eigenvalue weighted by atomic mass is 16.7. The molecule has 0 amide bonds. The summed E-state index contributed by atoms with van der Waals surface area (Å²) in [6, 6.07) is 1.89. The van der Waals surface area contributed by atoms with Gasteiger partial charge in [-0.2, -0.15) is 0 Å². The van der Waals surface area contributed by atoms with Crippen molar-refractivity contribution in [2.45, 2.75) is 45.3 Å². The molecule has 1 fully saturated rings. The molecule has 0 saturated carbocycles. The van der Waals surface area contributed by atoms with Gasteiger partial charge >= 0.3 is 7.12 Å². The molecule has 1 saturated heterocycles. The fourth-order valence-electron chi connectivity index (χ4n) is 1.96. The Bertz CT molecular complexity index is 461. The first-order valence-electron chi connectivity index (χ1n) is 6.47. The van der Waals surface area contributed by atoms with Crippen LogP contribution in [0.2, 0.25) is 0 Å². The van der Waals surface area contributed by atoms with Crippen LogP contribution < -0.4 is 11.2 Å². The second kappa shape index (κ2) is 4.78. The Morgan fingerprint density at radius 1 is 1.26 bits per heavy atom. The number of pyridine rings is 1. The van der Waals surface area contributed by atoms with Gasteiger partial charge in [0.25, 0.3) is 0 Å². The van der Waals surface area contributed by atoms with Gasteiger partial charge in [-0.3, -0.25) is 0 Å². The maximum atomic E-state index is 8.99. The molecule has 2 rings (SSSR count). The van der Waals surface area contributed by atoms with Crippen molar-refractivity contribution in [3.63, 3.8) is 0 Å². The van der Waals surface area contributed by atoms with E-state index in [0.29, 0.717) is 12.2 Å². The smallest absolute Gasteiger partial charge is 0.399 e. The molecule has 0 bridgehead atoms. The number of hydrogen-bond donors (Lipinski definition) is 2. The summed E-state index contributed by atoms with van der Waals surface area (Å²) in [5, 5.41) is 8.99. The van der Waals surface area contributed by atoms with E-state index >= 15 is 0 Å². The molecular formula is C13H21BN2O3. The van der Waals surface area contributed by atoms with E-state index in [1.54, 1.807) is 6.20 Å². The third kappa shape index (κ3) is 2.61. The van der Waals surface area contributed by atoms with E-state index < -0.39 is 18.3 Å². The van der Waals surface area contributed by atoms with Crippen LogP contribution in [0, 0.1) is 0 Å². The summed E-state index contributed by atoms with van der Waals surface area (Å²) in [5.41, 5.74) is 6.74. The minimum atomic E-state index is -0.517. The molecule has 104 valence electrons. The van der Waals surface area contributed by atoms with Crippen molar-refractivity contribution in [2.75, 3.05) is 12.3 Å². The molecule has 1 aliphatic heterocycles. The maximum absolute atomic E-state index is 8.99. The molecule has 0 atom stereocenters. The molecule has 0 radical (unpaired) electrons. The van der Waals surface area contributed by atoms with Crippen molar-refractivity contribution >= 4 is 18.4 Å². The molecule has 5 nitrogen and oxygen atoms in total.